The maximum atomic E-state index is 11.6. The molecule has 0 radical (unpaired) electrons. The number of hydrogen-bond acceptors (Lipinski definition) is 3. The van der Waals surface area contributed by atoms with Gasteiger partial charge in [-0.1, -0.05) is 54.6 Å². The maximum Gasteiger partial charge on any atom is 0.209 e. The molecule has 4 nitrogen and oxygen atoms in total. The van der Waals surface area contributed by atoms with E-state index in [0.717, 1.165) is 18.8 Å². The fraction of sp³-hybridized carbons (Fsp3) is 0.208. The van der Waals surface area contributed by atoms with Gasteiger partial charge >= 0.3 is 0 Å². The summed E-state index contributed by atoms with van der Waals surface area (Å²) in [4.78, 5) is 11.4. The highest BCUT2D eigenvalue weighted by molar-refractivity contribution is 7.95. The topological polar surface area (TPSA) is 63.2 Å². The van der Waals surface area contributed by atoms with Gasteiger partial charge in [-0.2, -0.15) is 0 Å². The van der Waals surface area contributed by atoms with E-state index in [0.29, 0.717) is 12.7 Å². The van der Waals surface area contributed by atoms with Gasteiger partial charge < -0.3 is 21.8 Å². The third kappa shape index (κ3) is 6.56. The Morgan fingerprint density at radius 1 is 0.806 bits per heavy atom. The quantitative estimate of drug-likeness (QED) is 0.300. The summed E-state index contributed by atoms with van der Waals surface area (Å²) < 4.78 is 25.6. The Bertz CT molecular complexity index is 951. The van der Waals surface area contributed by atoms with Crippen molar-refractivity contribution in [1.82, 2.24) is 4.72 Å². The van der Waals surface area contributed by atoms with Crippen LogP contribution in [0.4, 0.5) is 0 Å². The van der Waals surface area contributed by atoms with Gasteiger partial charge in [-0.3, -0.25) is 0 Å². The summed E-state index contributed by atoms with van der Waals surface area (Å²) in [5.41, 5.74) is 0. The Labute approximate surface area is 196 Å². The van der Waals surface area contributed by atoms with E-state index in [1.165, 1.54) is 15.9 Å². The van der Waals surface area contributed by atoms with Gasteiger partial charge in [0.25, 0.3) is 0 Å². The fourth-order valence-electron chi connectivity index (χ4n) is 3.86. The Morgan fingerprint density at radius 2 is 1.19 bits per heavy atom. The molecule has 0 saturated heterocycles. The molecular weight excluding hydrogens is 493 g/mol. The Balaban J connectivity index is 0.00000341. The molecule has 0 heterocycles. The molecule has 0 fully saturated rings. The number of rotatable bonds is 10. The lowest BCUT2D eigenvalue weighted by Gasteiger charge is -2.28. The van der Waals surface area contributed by atoms with E-state index in [1.54, 1.807) is 0 Å². The lowest BCUT2D eigenvalue weighted by Crippen LogP contribution is -3.00. The minimum Gasteiger partial charge on any atom is -1.00 e. The fourth-order valence-corrected chi connectivity index (χ4v) is 8.95. The summed E-state index contributed by atoms with van der Waals surface area (Å²) in [6.07, 6.45) is 3.80. The van der Waals surface area contributed by atoms with E-state index in [1.807, 2.05) is 18.2 Å². The predicted molar refractivity (Wildman–Crippen MR) is 127 cm³/mol. The molecule has 0 aliphatic heterocycles. The van der Waals surface area contributed by atoms with Crippen LogP contribution in [0.1, 0.15) is 12.8 Å². The molecule has 1 atom stereocenters. The number of halogens is 1. The number of aldehydes is 1. The van der Waals surface area contributed by atoms with Crippen LogP contribution in [0, 0.1) is 0 Å². The van der Waals surface area contributed by atoms with E-state index in [-0.39, 0.29) is 17.0 Å². The van der Waals surface area contributed by atoms with Gasteiger partial charge in [-0.25, -0.2) is 13.1 Å². The van der Waals surface area contributed by atoms with E-state index in [2.05, 4.69) is 77.5 Å². The summed E-state index contributed by atoms with van der Waals surface area (Å²) in [7, 11) is -5.39. The van der Waals surface area contributed by atoms with Gasteiger partial charge in [-0.05, 0) is 49.2 Å². The molecule has 3 aromatic carbocycles. The highest BCUT2D eigenvalue weighted by atomic mass is 79.9. The van der Waals surface area contributed by atoms with E-state index in [4.69, 9.17) is 0 Å². The van der Waals surface area contributed by atoms with Crippen LogP contribution in [-0.2, 0) is 14.8 Å². The Hall–Kier alpha value is -1.85. The normalized spacial score (nSPS) is 12.5. The van der Waals surface area contributed by atoms with Crippen molar-refractivity contribution < 1.29 is 30.2 Å². The molecule has 0 spiro atoms. The monoisotopic (exact) mass is 519 g/mol. The van der Waals surface area contributed by atoms with Crippen molar-refractivity contribution in [2.45, 2.75) is 18.9 Å². The third-order valence-corrected chi connectivity index (χ3v) is 10.4. The summed E-state index contributed by atoms with van der Waals surface area (Å²) >= 11 is 0. The van der Waals surface area contributed by atoms with Crippen molar-refractivity contribution in [3.8, 4) is 0 Å². The molecule has 3 aromatic rings. The van der Waals surface area contributed by atoms with Crippen molar-refractivity contribution in [1.29, 1.82) is 0 Å². The first-order chi connectivity index (χ1) is 14.5. The number of carbonyl (C=O) groups excluding carboxylic acids is 1. The number of sulfonamides is 1. The summed E-state index contributed by atoms with van der Waals surface area (Å²) in [6, 6.07) is 30.8. The van der Waals surface area contributed by atoms with Crippen molar-refractivity contribution >= 4 is 39.5 Å². The predicted octanol–water partition coefficient (Wildman–Crippen LogP) is -0.119. The second-order valence-corrected chi connectivity index (χ2v) is 12.7. The second kappa shape index (κ2) is 11.7. The number of carbonyl (C=O) groups is 1. The van der Waals surface area contributed by atoms with Gasteiger partial charge in [0.2, 0.25) is 10.0 Å². The smallest absolute Gasteiger partial charge is 0.209 e. The maximum absolute atomic E-state index is 11.6. The molecule has 0 bridgehead atoms. The third-order valence-electron chi connectivity index (χ3n) is 5.13. The van der Waals surface area contributed by atoms with Crippen LogP contribution >= 0.6 is 7.26 Å². The first kappa shape index (κ1) is 25.4. The van der Waals surface area contributed by atoms with Crippen LogP contribution in [0.15, 0.2) is 91.0 Å². The largest absolute Gasteiger partial charge is 1.00 e. The van der Waals surface area contributed by atoms with Gasteiger partial charge in [0, 0.05) is 0 Å². The first-order valence-corrected chi connectivity index (χ1v) is 13.8. The van der Waals surface area contributed by atoms with Gasteiger partial charge in [0.1, 0.15) is 29.5 Å². The molecular formula is C24H27BrNO3PS. The summed E-state index contributed by atoms with van der Waals surface area (Å²) in [5.74, 6) is 0. The number of benzene rings is 3. The van der Waals surface area contributed by atoms with E-state index < -0.39 is 23.3 Å². The Morgan fingerprint density at radius 3 is 1.52 bits per heavy atom. The molecule has 1 N–H and O–H groups in total. The molecule has 0 aliphatic carbocycles. The first-order valence-electron chi connectivity index (χ1n) is 9.93. The lowest BCUT2D eigenvalue weighted by molar-refractivity contribution is -0.109. The van der Waals surface area contributed by atoms with E-state index >= 15 is 0 Å². The zero-order chi connectivity index (χ0) is 21.5. The molecule has 0 amide bonds. The van der Waals surface area contributed by atoms with Crippen LogP contribution in [0.5, 0.6) is 0 Å². The summed E-state index contributed by atoms with van der Waals surface area (Å²) in [5, 5.41) is 3.84. The van der Waals surface area contributed by atoms with Crippen LogP contribution in [-0.4, -0.2) is 33.2 Å². The molecule has 0 aliphatic rings. The van der Waals surface area contributed by atoms with Crippen molar-refractivity contribution in [2.24, 2.45) is 0 Å². The minimum absolute atomic E-state index is 0. The zero-order valence-corrected chi connectivity index (χ0v) is 20.7. The van der Waals surface area contributed by atoms with Crippen LogP contribution in [0.3, 0.4) is 0 Å². The highest BCUT2D eigenvalue weighted by Gasteiger charge is 2.44. The van der Waals surface area contributed by atoms with E-state index in [9.17, 15) is 13.2 Å². The molecule has 0 saturated carbocycles. The lowest BCUT2D eigenvalue weighted by atomic mass is 10.2. The van der Waals surface area contributed by atoms with Gasteiger partial charge in [0.15, 0.2) is 0 Å². The summed E-state index contributed by atoms with van der Waals surface area (Å²) in [6.45, 7) is 0. The zero-order valence-electron chi connectivity index (χ0n) is 17.4. The standard InChI is InChI=1S/C24H27NO3PS.BrH/c1-30(27,28)25-21(20-26)12-11-19-29(22-13-5-2-6-14-22,23-15-7-3-8-16-23)24-17-9-4-10-18-24;/h2-10,13-18,20-21,25H,11-12,19H2,1H3;1H/q+1;/p-1. The molecule has 7 heteroatoms. The van der Waals surface area contributed by atoms with Gasteiger partial charge in [0.05, 0.1) is 18.5 Å². The number of nitrogens with one attached hydrogen (secondary N) is 1. The second-order valence-electron chi connectivity index (χ2n) is 7.31. The molecule has 1 unspecified atom stereocenters. The molecule has 3 rings (SSSR count). The average Bonchev–Trinajstić information content (AvgIpc) is 2.77. The SMILES string of the molecule is CS(=O)(=O)NC(C=O)CCC[P+](c1ccccc1)(c1ccccc1)c1ccccc1.[Br-]. The van der Waals surface area contributed by atoms with Crippen LogP contribution < -0.4 is 37.6 Å². The number of hydrogen-bond donors (Lipinski definition) is 1. The van der Waals surface area contributed by atoms with Crippen molar-refractivity contribution in [3.05, 3.63) is 91.0 Å². The molecule has 31 heavy (non-hydrogen) atoms. The highest BCUT2D eigenvalue weighted by Crippen LogP contribution is 2.55. The van der Waals surface area contributed by atoms with Crippen LogP contribution in [0.2, 0.25) is 0 Å². The minimum atomic E-state index is -3.43. The Kier molecular flexibility index (Phi) is 9.57. The molecule has 164 valence electrons. The van der Waals surface area contributed by atoms with Crippen LogP contribution in [0.25, 0.3) is 0 Å². The average molecular weight is 520 g/mol. The van der Waals surface area contributed by atoms with Crippen molar-refractivity contribution in [2.75, 3.05) is 12.4 Å². The van der Waals surface area contributed by atoms with Gasteiger partial charge in [-0.15, -0.1) is 0 Å². The molecule has 0 aromatic heterocycles. The van der Waals surface area contributed by atoms with Crippen molar-refractivity contribution in [3.63, 3.8) is 0 Å².